The third-order valence-electron chi connectivity index (χ3n) is 5.68. The summed E-state index contributed by atoms with van der Waals surface area (Å²) in [6.07, 6.45) is 2.36. The molecule has 1 heterocycles. The normalized spacial score (nSPS) is 13.3. The van der Waals surface area contributed by atoms with Gasteiger partial charge in [0.2, 0.25) is 17.7 Å². The highest BCUT2D eigenvalue weighted by Gasteiger charge is 2.26. The van der Waals surface area contributed by atoms with Crippen molar-refractivity contribution in [1.82, 2.24) is 10.6 Å². The Labute approximate surface area is 227 Å². The van der Waals surface area contributed by atoms with E-state index in [9.17, 15) is 28.8 Å². The van der Waals surface area contributed by atoms with Crippen molar-refractivity contribution in [2.45, 2.75) is 32.9 Å². The minimum Gasteiger partial charge on any atom is -0.458 e. The van der Waals surface area contributed by atoms with Gasteiger partial charge in [0.25, 0.3) is 11.8 Å². The molecule has 0 spiro atoms. The zero-order chi connectivity index (χ0) is 28.5. The van der Waals surface area contributed by atoms with Gasteiger partial charge in [0, 0.05) is 17.8 Å². The van der Waals surface area contributed by atoms with E-state index in [1.807, 2.05) is 9.24 Å². The van der Waals surface area contributed by atoms with Crippen LogP contribution in [0.1, 0.15) is 25.0 Å². The Balaban J connectivity index is 1.48. The van der Waals surface area contributed by atoms with Crippen molar-refractivity contribution in [3.8, 4) is 0 Å². The zero-order valence-corrected chi connectivity index (χ0v) is 22.6. The fourth-order valence-corrected chi connectivity index (χ4v) is 3.77. The molecular formula is C27H29N4O7P. The second-order valence-corrected chi connectivity index (χ2v) is 9.52. The van der Waals surface area contributed by atoms with Crippen LogP contribution in [0.5, 0.6) is 0 Å². The Kier molecular flexibility index (Phi) is 10.1. The summed E-state index contributed by atoms with van der Waals surface area (Å²) in [5, 5.41) is 7.90. The molecule has 0 radical (unpaired) electrons. The number of imide groups is 1. The topological polar surface area (TPSA) is 151 Å². The number of nitrogens with one attached hydrogen (secondary N) is 3. The van der Waals surface area contributed by atoms with Crippen LogP contribution in [0.2, 0.25) is 0 Å². The van der Waals surface area contributed by atoms with Crippen LogP contribution in [0.4, 0.5) is 16.2 Å². The zero-order valence-electron chi connectivity index (χ0n) is 21.4. The van der Waals surface area contributed by atoms with Crippen LogP contribution >= 0.6 is 9.24 Å². The standard InChI is InChI=1S/C27H29N4O7P/c1-16(2)25(26(36)28-14-22(33)29-19-7-3-18(4-8-19)15-38-27(37)39)30-21(32)13-17-5-9-20(10-6-17)31-23(34)11-12-24(31)35/h3-12,16,25H,13-15,39H2,1-2H3,(H,28,36)(H,29,33)(H,30,32). The molecule has 2 unspecified atom stereocenters. The van der Waals surface area contributed by atoms with Gasteiger partial charge in [-0.3, -0.25) is 24.0 Å². The lowest BCUT2D eigenvalue weighted by molar-refractivity contribution is -0.130. The van der Waals surface area contributed by atoms with Crippen molar-refractivity contribution in [2.75, 3.05) is 16.8 Å². The largest absolute Gasteiger partial charge is 0.458 e. The van der Waals surface area contributed by atoms with E-state index in [1.165, 1.54) is 12.2 Å². The van der Waals surface area contributed by atoms with Crippen LogP contribution < -0.4 is 20.9 Å². The first kappa shape index (κ1) is 29.2. The van der Waals surface area contributed by atoms with Crippen molar-refractivity contribution < 1.29 is 33.5 Å². The maximum absolute atomic E-state index is 12.7. The summed E-state index contributed by atoms with van der Waals surface area (Å²) in [4.78, 5) is 73.2. The van der Waals surface area contributed by atoms with E-state index in [2.05, 4.69) is 16.0 Å². The third-order valence-corrected chi connectivity index (χ3v) is 5.84. The van der Waals surface area contributed by atoms with Crippen LogP contribution in [-0.4, -0.2) is 47.8 Å². The molecule has 0 fully saturated rings. The van der Waals surface area contributed by atoms with E-state index < -0.39 is 41.3 Å². The first-order valence-corrected chi connectivity index (χ1v) is 12.6. The maximum Gasteiger partial charge on any atom is 0.320 e. The molecule has 2 aromatic rings. The highest BCUT2D eigenvalue weighted by Crippen LogP contribution is 2.20. The molecule has 5 amide bonds. The first-order valence-electron chi connectivity index (χ1n) is 12.1. The molecule has 39 heavy (non-hydrogen) atoms. The number of benzene rings is 2. The summed E-state index contributed by atoms with van der Waals surface area (Å²) >= 11 is 0. The Bertz CT molecular complexity index is 1270. The number of ether oxygens (including phenoxy) is 1. The Morgan fingerprint density at radius 1 is 0.872 bits per heavy atom. The first-order chi connectivity index (χ1) is 18.5. The number of rotatable bonds is 11. The van der Waals surface area contributed by atoms with Crippen LogP contribution in [0.15, 0.2) is 60.7 Å². The van der Waals surface area contributed by atoms with E-state index in [-0.39, 0.29) is 25.5 Å². The monoisotopic (exact) mass is 552 g/mol. The van der Waals surface area contributed by atoms with E-state index >= 15 is 0 Å². The van der Waals surface area contributed by atoms with Gasteiger partial charge in [0.1, 0.15) is 12.6 Å². The number of anilines is 2. The predicted molar refractivity (Wildman–Crippen MR) is 147 cm³/mol. The van der Waals surface area contributed by atoms with Gasteiger partial charge in [-0.2, -0.15) is 0 Å². The molecule has 0 bridgehead atoms. The van der Waals surface area contributed by atoms with Gasteiger partial charge < -0.3 is 20.7 Å². The van der Waals surface area contributed by atoms with Gasteiger partial charge in [-0.1, -0.05) is 38.1 Å². The lowest BCUT2D eigenvalue weighted by Crippen LogP contribution is -2.51. The maximum atomic E-state index is 12.7. The molecule has 0 aliphatic carbocycles. The van der Waals surface area contributed by atoms with Gasteiger partial charge in [0.05, 0.1) is 18.7 Å². The molecule has 0 aromatic heterocycles. The molecule has 12 heteroatoms. The SMILES string of the molecule is CC(C)C(NC(=O)Cc1ccc(N2C(=O)C=CC2=O)cc1)C(=O)NCC(=O)Nc1ccc(COC(=O)P)cc1. The molecule has 0 saturated heterocycles. The predicted octanol–water partition coefficient (Wildman–Crippen LogP) is 2.07. The summed E-state index contributed by atoms with van der Waals surface area (Å²) in [5.41, 5.74) is 1.81. The van der Waals surface area contributed by atoms with Crippen LogP contribution in [-0.2, 0) is 41.7 Å². The Morgan fingerprint density at radius 2 is 1.46 bits per heavy atom. The molecule has 2 atom stereocenters. The summed E-state index contributed by atoms with van der Waals surface area (Å²) in [5.74, 6) is -2.47. The number of hydrogen-bond donors (Lipinski definition) is 3. The molecule has 204 valence electrons. The molecule has 2 aromatic carbocycles. The van der Waals surface area contributed by atoms with Crippen LogP contribution in [0.3, 0.4) is 0 Å². The van der Waals surface area contributed by atoms with E-state index in [4.69, 9.17) is 4.74 Å². The number of carbonyl (C=O) groups is 6. The highest BCUT2D eigenvalue weighted by molar-refractivity contribution is 7.39. The quantitative estimate of drug-likeness (QED) is 0.285. The molecule has 11 nitrogen and oxygen atoms in total. The molecular weight excluding hydrogens is 523 g/mol. The molecule has 0 saturated carbocycles. The number of nitrogens with zero attached hydrogens (tertiary/aromatic N) is 1. The average molecular weight is 553 g/mol. The second kappa shape index (κ2) is 13.4. The number of carbonyl (C=O) groups excluding carboxylic acids is 6. The fourth-order valence-electron chi connectivity index (χ4n) is 3.68. The summed E-state index contributed by atoms with van der Waals surface area (Å²) in [6, 6.07) is 12.2. The minimum absolute atomic E-state index is 0.0241. The fraction of sp³-hybridized carbons (Fsp3) is 0.259. The van der Waals surface area contributed by atoms with Crippen LogP contribution in [0.25, 0.3) is 0 Å². The molecule has 3 rings (SSSR count). The lowest BCUT2D eigenvalue weighted by atomic mass is 10.0. The van der Waals surface area contributed by atoms with Gasteiger partial charge in [-0.25, -0.2) is 9.69 Å². The van der Waals surface area contributed by atoms with E-state index in [0.717, 1.165) is 10.5 Å². The van der Waals surface area contributed by atoms with Crippen molar-refractivity contribution in [3.63, 3.8) is 0 Å². The van der Waals surface area contributed by atoms with Crippen molar-refractivity contribution in [1.29, 1.82) is 0 Å². The molecule has 1 aliphatic heterocycles. The second-order valence-electron chi connectivity index (χ2n) is 9.05. The lowest BCUT2D eigenvalue weighted by Gasteiger charge is -2.22. The Morgan fingerprint density at radius 3 is 2.03 bits per heavy atom. The van der Waals surface area contributed by atoms with Gasteiger partial charge in [0.15, 0.2) is 0 Å². The number of hydrogen-bond acceptors (Lipinski definition) is 7. The van der Waals surface area contributed by atoms with Crippen LogP contribution in [0, 0.1) is 5.92 Å². The molecule has 3 N–H and O–H groups in total. The summed E-state index contributed by atoms with van der Waals surface area (Å²) < 4.78 is 4.88. The van der Waals surface area contributed by atoms with E-state index in [0.29, 0.717) is 16.9 Å². The Hall–Kier alpha value is -4.37. The van der Waals surface area contributed by atoms with Crippen molar-refractivity contribution in [3.05, 3.63) is 71.8 Å². The molecule has 1 aliphatic rings. The van der Waals surface area contributed by atoms with Gasteiger partial charge in [-0.15, -0.1) is 0 Å². The highest BCUT2D eigenvalue weighted by atomic mass is 31.0. The summed E-state index contributed by atoms with van der Waals surface area (Å²) in [7, 11) is 1.92. The van der Waals surface area contributed by atoms with Crippen molar-refractivity contribution in [2.24, 2.45) is 5.92 Å². The van der Waals surface area contributed by atoms with Gasteiger partial charge in [-0.05, 0) is 50.6 Å². The number of amides is 5. The third kappa shape index (κ3) is 8.58. The minimum atomic E-state index is -0.866. The average Bonchev–Trinajstić information content (AvgIpc) is 3.23. The smallest absolute Gasteiger partial charge is 0.320 e. The van der Waals surface area contributed by atoms with Crippen molar-refractivity contribution >= 4 is 55.9 Å². The van der Waals surface area contributed by atoms with Gasteiger partial charge >= 0.3 is 5.71 Å². The van der Waals surface area contributed by atoms with E-state index in [1.54, 1.807) is 62.4 Å². The summed E-state index contributed by atoms with van der Waals surface area (Å²) in [6.45, 7) is 3.36.